The Morgan fingerprint density at radius 3 is 1.00 bits per heavy atom. The molecule has 14 nitrogen and oxygen atoms in total. The number of carbonyl (C=O) groups is 2. The highest BCUT2D eigenvalue weighted by Gasteiger charge is 2.04. The molecule has 0 aromatic rings. The van der Waals surface area contributed by atoms with Gasteiger partial charge in [-0.2, -0.15) is 0 Å². The normalized spacial score (nSPS) is 11.3. The number of aliphatic carboxylic acids is 1. The summed E-state index contributed by atoms with van der Waals surface area (Å²) in [5.74, 6) is -1.21. The lowest BCUT2D eigenvalue weighted by atomic mass is 10.2. The number of rotatable bonds is 41. The molecule has 0 radical (unpaired) electrons. The van der Waals surface area contributed by atoms with E-state index in [9.17, 15) is 9.59 Å². The molecule has 0 aromatic carbocycles. The van der Waals surface area contributed by atoms with Crippen molar-refractivity contribution in [2.45, 2.75) is 64.7 Å². The van der Waals surface area contributed by atoms with Crippen LogP contribution < -0.4 is 0 Å². The smallest absolute Gasteiger partial charge is 0.305 e. The Morgan fingerprint density at radius 2 is 0.660 bits per heavy atom. The molecular formula is C33H64O14. The molecular weight excluding hydrogens is 620 g/mol. The van der Waals surface area contributed by atoms with E-state index in [1.54, 1.807) is 0 Å². The second-order valence-electron chi connectivity index (χ2n) is 10.4. The third kappa shape index (κ3) is 42.5. The van der Waals surface area contributed by atoms with Gasteiger partial charge >= 0.3 is 11.9 Å². The number of carboxylic acids is 1. The fraction of sp³-hybridized carbons (Fsp3) is 0.939. The molecule has 0 atom stereocenters. The Labute approximate surface area is 282 Å². The van der Waals surface area contributed by atoms with Gasteiger partial charge in [0.05, 0.1) is 126 Å². The van der Waals surface area contributed by atoms with Gasteiger partial charge in [-0.25, -0.2) is 0 Å². The number of hydrogen-bond acceptors (Lipinski definition) is 13. The summed E-state index contributed by atoms with van der Waals surface area (Å²) in [5, 5.41) is 8.55. The highest BCUT2D eigenvalue weighted by molar-refractivity contribution is 5.69. The summed E-state index contributed by atoms with van der Waals surface area (Å²) in [7, 11) is 0. The molecule has 0 amide bonds. The van der Waals surface area contributed by atoms with Gasteiger partial charge in [-0.05, 0) is 19.3 Å². The Bertz CT molecular complexity index is 640. The second-order valence-corrected chi connectivity index (χ2v) is 10.4. The third-order valence-corrected chi connectivity index (χ3v) is 6.25. The van der Waals surface area contributed by atoms with Crippen molar-refractivity contribution in [1.29, 1.82) is 0 Å². The number of ether oxygens (including phenoxy) is 11. The van der Waals surface area contributed by atoms with Crippen molar-refractivity contribution in [3.63, 3.8) is 0 Å². The van der Waals surface area contributed by atoms with Crippen molar-refractivity contribution in [3.05, 3.63) is 0 Å². The molecule has 14 heteroatoms. The fourth-order valence-electron chi connectivity index (χ4n) is 3.72. The van der Waals surface area contributed by atoms with E-state index in [-0.39, 0.29) is 32.0 Å². The first-order valence-electron chi connectivity index (χ1n) is 17.3. The first kappa shape index (κ1) is 45.5. The summed E-state index contributed by atoms with van der Waals surface area (Å²) in [6, 6.07) is 0. The van der Waals surface area contributed by atoms with E-state index in [0.717, 1.165) is 13.0 Å². The maximum atomic E-state index is 11.5. The summed E-state index contributed by atoms with van der Waals surface area (Å²) in [4.78, 5) is 21.9. The summed E-state index contributed by atoms with van der Waals surface area (Å²) in [5.41, 5.74) is 0. The van der Waals surface area contributed by atoms with E-state index < -0.39 is 5.97 Å². The number of unbranched alkanes of at least 4 members (excludes halogenated alkanes) is 5. The lowest BCUT2D eigenvalue weighted by Gasteiger charge is -2.09. The molecule has 47 heavy (non-hydrogen) atoms. The van der Waals surface area contributed by atoms with Crippen LogP contribution in [0.25, 0.3) is 0 Å². The number of carbonyl (C=O) groups excluding carboxylic acids is 1. The van der Waals surface area contributed by atoms with Crippen LogP contribution in [0.3, 0.4) is 0 Å². The number of carboxylic acid groups (broad SMARTS) is 1. The van der Waals surface area contributed by atoms with Gasteiger partial charge in [0.2, 0.25) is 0 Å². The van der Waals surface area contributed by atoms with Crippen molar-refractivity contribution >= 4 is 11.9 Å². The zero-order valence-electron chi connectivity index (χ0n) is 29.0. The van der Waals surface area contributed by atoms with Crippen LogP contribution in [-0.2, 0) is 61.7 Å². The Kier molecular flexibility index (Phi) is 39.4. The predicted molar refractivity (Wildman–Crippen MR) is 174 cm³/mol. The van der Waals surface area contributed by atoms with Gasteiger partial charge in [-0.1, -0.05) is 32.6 Å². The van der Waals surface area contributed by atoms with Crippen molar-refractivity contribution in [3.8, 4) is 0 Å². The van der Waals surface area contributed by atoms with Gasteiger partial charge in [0.1, 0.15) is 6.61 Å². The summed E-state index contributed by atoms with van der Waals surface area (Å²) in [6.07, 6.45) is 7.49. The topological polar surface area (TPSA) is 156 Å². The van der Waals surface area contributed by atoms with Crippen molar-refractivity contribution in [2.24, 2.45) is 0 Å². The standard InChI is InChI=1S/C33H64O14/c1-2-3-4-5-8-11-37-12-13-38-14-15-39-16-17-40-18-19-41-20-21-42-22-23-43-24-25-44-26-27-45-28-29-46-30-31-47-33(36)10-7-6-9-32(34)35/h2-31H2,1H3,(H,34,35). The minimum absolute atomic E-state index is 0.0620. The number of esters is 1. The van der Waals surface area contributed by atoms with Crippen LogP contribution in [0.15, 0.2) is 0 Å². The van der Waals surface area contributed by atoms with Gasteiger partial charge in [0.15, 0.2) is 0 Å². The van der Waals surface area contributed by atoms with Crippen LogP contribution in [0, 0.1) is 0 Å². The molecule has 0 unspecified atom stereocenters. The van der Waals surface area contributed by atoms with Crippen LogP contribution >= 0.6 is 0 Å². The lowest BCUT2D eigenvalue weighted by Crippen LogP contribution is -2.15. The van der Waals surface area contributed by atoms with E-state index in [4.69, 9.17) is 57.2 Å². The van der Waals surface area contributed by atoms with Gasteiger partial charge in [0, 0.05) is 19.4 Å². The van der Waals surface area contributed by atoms with Crippen LogP contribution in [-0.4, -0.2) is 156 Å². The van der Waals surface area contributed by atoms with Gasteiger partial charge in [-0.3, -0.25) is 9.59 Å². The molecule has 0 saturated carbocycles. The van der Waals surface area contributed by atoms with E-state index in [2.05, 4.69) is 6.92 Å². The monoisotopic (exact) mass is 684 g/mol. The molecule has 0 aliphatic heterocycles. The zero-order valence-corrected chi connectivity index (χ0v) is 29.0. The molecule has 0 rings (SSSR count). The SMILES string of the molecule is CCCCCCCOCCOCCOCCOCCOCCOCCOCCOCCOCCOCCOC(=O)CCCCC(=O)O. The predicted octanol–water partition coefficient (Wildman–Crippen LogP) is 3.31. The summed E-state index contributed by atoms with van der Waals surface area (Å²) < 4.78 is 59.6. The van der Waals surface area contributed by atoms with Crippen LogP contribution in [0.5, 0.6) is 0 Å². The van der Waals surface area contributed by atoms with Gasteiger partial charge < -0.3 is 57.2 Å². The first-order chi connectivity index (χ1) is 23.2. The average Bonchev–Trinajstić information content (AvgIpc) is 3.06. The van der Waals surface area contributed by atoms with Crippen LogP contribution in [0.4, 0.5) is 0 Å². The van der Waals surface area contributed by atoms with Crippen molar-refractivity contribution in [2.75, 3.05) is 139 Å². The Morgan fingerprint density at radius 1 is 0.362 bits per heavy atom. The largest absolute Gasteiger partial charge is 0.481 e. The van der Waals surface area contributed by atoms with Crippen molar-refractivity contribution in [1.82, 2.24) is 0 Å². The third-order valence-electron chi connectivity index (χ3n) is 6.25. The highest BCUT2D eigenvalue weighted by atomic mass is 16.6. The maximum absolute atomic E-state index is 11.5. The minimum atomic E-state index is -0.861. The van der Waals surface area contributed by atoms with E-state index in [1.165, 1.54) is 25.7 Å². The molecule has 0 aromatic heterocycles. The van der Waals surface area contributed by atoms with E-state index in [1.807, 2.05) is 0 Å². The second kappa shape index (κ2) is 40.7. The lowest BCUT2D eigenvalue weighted by molar-refractivity contribution is -0.146. The molecule has 0 bridgehead atoms. The van der Waals surface area contributed by atoms with Crippen molar-refractivity contribution < 1.29 is 66.8 Å². The summed E-state index contributed by atoms with van der Waals surface area (Å²) in [6.45, 7) is 12.5. The zero-order chi connectivity index (χ0) is 34.1. The number of hydrogen-bond donors (Lipinski definition) is 1. The quantitative estimate of drug-likeness (QED) is 0.0739. The average molecular weight is 685 g/mol. The minimum Gasteiger partial charge on any atom is -0.481 e. The first-order valence-corrected chi connectivity index (χ1v) is 17.3. The fourth-order valence-corrected chi connectivity index (χ4v) is 3.72. The van der Waals surface area contributed by atoms with Gasteiger partial charge in [0.25, 0.3) is 0 Å². The molecule has 0 fully saturated rings. The highest BCUT2D eigenvalue weighted by Crippen LogP contribution is 2.02. The van der Waals surface area contributed by atoms with Crippen LogP contribution in [0.2, 0.25) is 0 Å². The summed E-state index contributed by atoms with van der Waals surface area (Å²) >= 11 is 0. The molecule has 0 heterocycles. The molecule has 0 spiro atoms. The Balaban J connectivity index is 3.09. The molecule has 0 aliphatic carbocycles. The molecule has 280 valence electrons. The molecule has 0 saturated heterocycles. The Hall–Kier alpha value is -1.46. The van der Waals surface area contributed by atoms with E-state index >= 15 is 0 Å². The van der Waals surface area contributed by atoms with Crippen LogP contribution in [0.1, 0.15) is 64.7 Å². The van der Waals surface area contributed by atoms with Gasteiger partial charge in [-0.15, -0.1) is 0 Å². The maximum Gasteiger partial charge on any atom is 0.305 e. The van der Waals surface area contributed by atoms with E-state index in [0.29, 0.717) is 132 Å². The molecule has 1 N–H and O–H groups in total. The molecule has 0 aliphatic rings.